The van der Waals surface area contributed by atoms with E-state index < -0.39 is 10.2 Å². The lowest BCUT2D eigenvalue weighted by Gasteiger charge is -2.08. The van der Waals surface area contributed by atoms with E-state index in [9.17, 15) is 8.42 Å². The largest absolute Gasteiger partial charge is 0.384 e. The lowest BCUT2D eigenvalue weighted by atomic mass is 10.1. The molecule has 3 rings (SSSR count). The smallest absolute Gasteiger partial charge is 0.302 e. The van der Waals surface area contributed by atoms with Crippen LogP contribution in [0.15, 0.2) is 46.0 Å². The molecule has 0 aromatic carbocycles. The minimum Gasteiger partial charge on any atom is -0.384 e. The molecular formula is C11H11N7O2S. The summed E-state index contributed by atoms with van der Waals surface area (Å²) < 4.78 is 24.3. The average molecular weight is 305 g/mol. The summed E-state index contributed by atoms with van der Waals surface area (Å²) in [4.78, 5) is 4.00. The Hall–Kier alpha value is -2.59. The van der Waals surface area contributed by atoms with Gasteiger partial charge in [0, 0.05) is 23.5 Å². The molecular weight excluding hydrogens is 294 g/mol. The highest BCUT2D eigenvalue weighted by Gasteiger charge is 2.23. The number of aromatic nitrogens is 2. The summed E-state index contributed by atoms with van der Waals surface area (Å²) in [5.74, 6) is 0.370. The van der Waals surface area contributed by atoms with Gasteiger partial charge >= 0.3 is 10.2 Å². The Morgan fingerprint density at radius 2 is 2.05 bits per heavy atom. The molecule has 108 valence electrons. The van der Waals surface area contributed by atoms with E-state index in [1.165, 1.54) is 6.20 Å². The number of rotatable bonds is 3. The quantitative estimate of drug-likeness (QED) is 0.843. The van der Waals surface area contributed by atoms with Crippen LogP contribution in [0.3, 0.4) is 0 Å². The molecule has 0 aliphatic carbocycles. The highest BCUT2D eigenvalue weighted by atomic mass is 32.2. The number of nitrogens with zero attached hydrogens (tertiary/aromatic N) is 5. The number of pyridine rings is 1. The zero-order chi connectivity index (χ0) is 15.0. The monoisotopic (exact) mass is 305 g/mol. The van der Waals surface area contributed by atoms with Crippen molar-refractivity contribution in [2.75, 3.05) is 12.3 Å². The first-order chi connectivity index (χ1) is 9.97. The maximum atomic E-state index is 11.7. The molecule has 0 atom stereocenters. The molecule has 4 N–H and O–H groups in total. The number of anilines is 1. The van der Waals surface area contributed by atoms with E-state index in [-0.39, 0.29) is 6.54 Å². The standard InChI is InChI=1S/C11H11N7O2S/c12-10-2-1-7(5-14-10)8-3-4-18(21(13,19)20)11(8)9-6-15-17-16-9/h1-5H,6H2,(H2,12,14)(H2,13,19,20). The summed E-state index contributed by atoms with van der Waals surface area (Å²) in [7, 11) is -3.96. The summed E-state index contributed by atoms with van der Waals surface area (Å²) in [6.45, 7) is 0.189. The maximum absolute atomic E-state index is 11.7. The van der Waals surface area contributed by atoms with Gasteiger partial charge in [0.2, 0.25) is 0 Å². The second-order valence-electron chi connectivity index (χ2n) is 4.33. The average Bonchev–Trinajstić information content (AvgIpc) is 3.07. The second-order valence-corrected chi connectivity index (χ2v) is 5.75. The van der Waals surface area contributed by atoms with Crippen molar-refractivity contribution in [2.45, 2.75) is 0 Å². The van der Waals surface area contributed by atoms with Gasteiger partial charge in [0.15, 0.2) is 0 Å². The Kier molecular flexibility index (Phi) is 3.03. The van der Waals surface area contributed by atoms with Crippen molar-refractivity contribution in [3.05, 3.63) is 36.3 Å². The predicted molar refractivity (Wildman–Crippen MR) is 76.8 cm³/mol. The molecule has 0 bridgehead atoms. The van der Waals surface area contributed by atoms with Gasteiger partial charge in [-0.2, -0.15) is 13.5 Å². The molecule has 2 aromatic rings. The first kappa shape index (κ1) is 13.4. The molecule has 0 fully saturated rings. The van der Waals surface area contributed by atoms with Crippen LogP contribution in [0.25, 0.3) is 11.1 Å². The number of hydrogen-bond acceptors (Lipinski definition) is 7. The van der Waals surface area contributed by atoms with Gasteiger partial charge in [-0.1, -0.05) is 0 Å². The van der Waals surface area contributed by atoms with Gasteiger partial charge in [-0.25, -0.2) is 14.1 Å². The highest BCUT2D eigenvalue weighted by Crippen LogP contribution is 2.27. The fourth-order valence-electron chi connectivity index (χ4n) is 2.04. The summed E-state index contributed by atoms with van der Waals surface area (Å²) in [5.41, 5.74) is 7.60. The maximum Gasteiger partial charge on any atom is 0.302 e. The Bertz CT molecular complexity index is 849. The Morgan fingerprint density at radius 3 is 2.62 bits per heavy atom. The Balaban J connectivity index is 2.22. The zero-order valence-corrected chi connectivity index (χ0v) is 11.5. The van der Waals surface area contributed by atoms with E-state index in [4.69, 9.17) is 10.9 Å². The van der Waals surface area contributed by atoms with Crippen LogP contribution in [0.5, 0.6) is 0 Å². The highest BCUT2D eigenvalue weighted by molar-refractivity contribution is 7.87. The number of nitrogen functional groups attached to an aromatic ring is 1. The van der Waals surface area contributed by atoms with E-state index >= 15 is 0 Å². The Labute approximate surface area is 120 Å². The van der Waals surface area contributed by atoms with E-state index in [1.54, 1.807) is 24.4 Å². The van der Waals surface area contributed by atoms with Crippen LogP contribution in [-0.4, -0.2) is 29.6 Å². The molecule has 2 aromatic heterocycles. The normalized spacial score (nSPS) is 14.4. The summed E-state index contributed by atoms with van der Waals surface area (Å²) in [5, 5.41) is 16.3. The summed E-state index contributed by atoms with van der Waals surface area (Å²) in [6.07, 6.45) is 2.91. The Morgan fingerprint density at radius 1 is 1.24 bits per heavy atom. The first-order valence-electron chi connectivity index (χ1n) is 5.87. The third-order valence-corrected chi connectivity index (χ3v) is 3.80. The van der Waals surface area contributed by atoms with Crippen LogP contribution in [0.1, 0.15) is 5.69 Å². The minimum atomic E-state index is -3.96. The van der Waals surface area contributed by atoms with Crippen molar-refractivity contribution in [1.29, 1.82) is 0 Å². The van der Waals surface area contributed by atoms with Crippen LogP contribution in [0.4, 0.5) is 5.82 Å². The van der Waals surface area contributed by atoms with Gasteiger partial charge < -0.3 is 5.73 Å². The van der Waals surface area contributed by atoms with Crippen LogP contribution >= 0.6 is 0 Å². The number of nitrogens with two attached hydrogens (primary N) is 2. The van der Waals surface area contributed by atoms with Crippen molar-refractivity contribution < 1.29 is 8.42 Å². The number of hydrogen-bond donors (Lipinski definition) is 2. The zero-order valence-electron chi connectivity index (χ0n) is 10.7. The van der Waals surface area contributed by atoms with Gasteiger partial charge in [0.25, 0.3) is 0 Å². The summed E-state index contributed by atoms with van der Waals surface area (Å²) in [6, 6.07) is 4.98. The molecule has 1 aliphatic rings. The molecule has 9 nitrogen and oxygen atoms in total. The molecule has 0 saturated heterocycles. The van der Waals surface area contributed by atoms with E-state index in [0.29, 0.717) is 28.4 Å². The van der Waals surface area contributed by atoms with E-state index in [2.05, 4.69) is 20.4 Å². The van der Waals surface area contributed by atoms with Crippen molar-refractivity contribution in [3.8, 4) is 11.1 Å². The van der Waals surface area contributed by atoms with Crippen LogP contribution in [0.2, 0.25) is 0 Å². The van der Waals surface area contributed by atoms with Gasteiger partial charge in [0.1, 0.15) is 18.1 Å². The molecule has 0 spiro atoms. The van der Waals surface area contributed by atoms with Crippen LogP contribution in [-0.2, 0) is 10.2 Å². The fraction of sp³-hybridized carbons (Fsp3) is 0.0909. The molecule has 21 heavy (non-hydrogen) atoms. The van der Waals surface area contributed by atoms with Crippen molar-refractivity contribution in [2.24, 2.45) is 20.6 Å². The van der Waals surface area contributed by atoms with Crippen LogP contribution < -0.4 is 10.9 Å². The third kappa shape index (κ3) is 2.41. The van der Waals surface area contributed by atoms with Crippen LogP contribution in [0, 0.1) is 0 Å². The molecule has 0 unspecified atom stereocenters. The summed E-state index contributed by atoms with van der Waals surface area (Å²) >= 11 is 0. The van der Waals surface area contributed by atoms with Gasteiger partial charge in [-0.15, -0.1) is 5.10 Å². The van der Waals surface area contributed by atoms with E-state index in [1.807, 2.05) is 0 Å². The SMILES string of the molecule is Nc1ccc(-c2ccn(S(N)(=O)=O)c2C2=NN=NC2)cn1. The molecule has 0 amide bonds. The molecule has 1 aliphatic heterocycles. The van der Waals surface area contributed by atoms with E-state index in [0.717, 1.165) is 3.97 Å². The lowest BCUT2D eigenvalue weighted by molar-refractivity contribution is 0.589. The van der Waals surface area contributed by atoms with Crippen molar-refractivity contribution in [3.63, 3.8) is 0 Å². The minimum absolute atomic E-state index is 0.189. The predicted octanol–water partition coefficient (Wildman–Crippen LogP) is 0.354. The molecule has 3 heterocycles. The molecule has 0 radical (unpaired) electrons. The van der Waals surface area contributed by atoms with Gasteiger partial charge in [-0.3, -0.25) is 0 Å². The topological polar surface area (TPSA) is 141 Å². The lowest BCUT2D eigenvalue weighted by Crippen LogP contribution is -2.25. The fourth-order valence-corrected chi connectivity index (χ4v) is 2.73. The second kappa shape index (κ2) is 4.75. The van der Waals surface area contributed by atoms with Crippen molar-refractivity contribution >= 4 is 21.7 Å². The molecule has 10 heteroatoms. The third-order valence-electron chi connectivity index (χ3n) is 2.95. The van der Waals surface area contributed by atoms with Gasteiger partial charge in [0.05, 0.1) is 5.69 Å². The molecule has 0 saturated carbocycles. The van der Waals surface area contributed by atoms with Gasteiger partial charge in [-0.05, 0) is 23.4 Å². The van der Waals surface area contributed by atoms with Crippen molar-refractivity contribution in [1.82, 2.24) is 8.96 Å². The first-order valence-corrected chi connectivity index (χ1v) is 7.37.